The smallest absolute Gasteiger partial charge is 0.264 e. The van der Waals surface area contributed by atoms with Gasteiger partial charge in [0.05, 0.1) is 18.0 Å². The number of benzene rings is 1. The zero-order valence-electron chi connectivity index (χ0n) is 11.0. The standard InChI is InChI=1S/C13H12F2N2O3S/c1-8-11(3-2-4-16-8)17-21(19,20)12-6-9(7-18)5-10(14)13(12)15/h2-6,17-18H,7H2,1H3. The van der Waals surface area contributed by atoms with Crippen LogP contribution in [0.5, 0.6) is 0 Å². The number of halogens is 2. The first kappa shape index (κ1) is 15.3. The average Bonchev–Trinajstić information content (AvgIpc) is 2.43. The van der Waals surface area contributed by atoms with E-state index in [0.717, 1.165) is 12.1 Å². The number of nitrogens with zero attached hydrogens (tertiary/aromatic N) is 1. The summed E-state index contributed by atoms with van der Waals surface area (Å²) in [6, 6.07) is 4.58. The van der Waals surface area contributed by atoms with Crippen LogP contribution in [0, 0.1) is 18.6 Å². The first-order valence-corrected chi connectivity index (χ1v) is 7.36. The van der Waals surface area contributed by atoms with Gasteiger partial charge >= 0.3 is 0 Å². The topological polar surface area (TPSA) is 79.3 Å². The third kappa shape index (κ3) is 3.17. The van der Waals surface area contributed by atoms with Crippen LogP contribution in [0.25, 0.3) is 0 Å². The summed E-state index contributed by atoms with van der Waals surface area (Å²) >= 11 is 0. The molecule has 0 aliphatic rings. The number of aliphatic hydroxyl groups excluding tert-OH is 1. The number of hydrogen-bond donors (Lipinski definition) is 2. The zero-order valence-corrected chi connectivity index (χ0v) is 11.8. The lowest BCUT2D eigenvalue weighted by molar-refractivity contribution is 0.280. The molecule has 2 aromatic rings. The zero-order chi connectivity index (χ0) is 15.6. The third-order valence-electron chi connectivity index (χ3n) is 2.78. The van der Waals surface area contributed by atoms with Crippen LogP contribution >= 0.6 is 0 Å². The van der Waals surface area contributed by atoms with Gasteiger partial charge in [-0.1, -0.05) is 0 Å². The van der Waals surface area contributed by atoms with Gasteiger partial charge in [0.25, 0.3) is 10.0 Å². The molecule has 0 saturated heterocycles. The van der Waals surface area contributed by atoms with Crippen LogP contribution < -0.4 is 4.72 Å². The van der Waals surface area contributed by atoms with Crippen LogP contribution in [0.15, 0.2) is 35.4 Å². The summed E-state index contributed by atoms with van der Waals surface area (Å²) in [5.41, 5.74) is 0.504. The lowest BCUT2D eigenvalue weighted by atomic mass is 10.2. The Kier molecular flexibility index (Phi) is 4.19. The number of anilines is 1. The molecule has 112 valence electrons. The highest BCUT2D eigenvalue weighted by Crippen LogP contribution is 2.23. The average molecular weight is 314 g/mol. The number of aromatic nitrogens is 1. The SMILES string of the molecule is Cc1ncccc1NS(=O)(=O)c1cc(CO)cc(F)c1F. The quantitative estimate of drug-likeness (QED) is 0.904. The highest BCUT2D eigenvalue weighted by Gasteiger charge is 2.23. The predicted octanol–water partition coefficient (Wildman–Crippen LogP) is 1.96. The summed E-state index contributed by atoms with van der Waals surface area (Å²) in [5, 5.41) is 8.96. The Morgan fingerprint density at radius 3 is 2.67 bits per heavy atom. The maximum atomic E-state index is 13.7. The molecule has 2 rings (SSSR count). The number of rotatable bonds is 4. The molecule has 8 heteroatoms. The van der Waals surface area contributed by atoms with Gasteiger partial charge < -0.3 is 5.11 Å². The first-order valence-electron chi connectivity index (χ1n) is 5.88. The highest BCUT2D eigenvalue weighted by atomic mass is 32.2. The maximum absolute atomic E-state index is 13.7. The fourth-order valence-electron chi connectivity index (χ4n) is 1.70. The molecule has 1 aromatic carbocycles. The lowest BCUT2D eigenvalue weighted by Gasteiger charge is -2.11. The van der Waals surface area contributed by atoms with Crippen LogP contribution in [0.4, 0.5) is 14.5 Å². The van der Waals surface area contributed by atoms with Gasteiger partial charge in [0.2, 0.25) is 0 Å². The Bertz CT molecular complexity index is 779. The molecule has 5 nitrogen and oxygen atoms in total. The van der Waals surface area contributed by atoms with Crippen LogP contribution in [0.3, 0.4) is 0 Å². The maximum Gasteiger partial charge on any atom is 0.264 e. The minimum atomic E-state index is -4.34. The van der Waals surface area contributed by atoms with Crippen LogP contribution in [-0.4, -0.2) is 18.5 Å². The van der Waals surface area contributed by atoms with Crippen molar-refractivity contribution in [1.82, 2.24) is 4.98 Å². The van der Waals surface area contributed by atoms with Gasteiger partial charge in [-0.2, -0.15) is 0 Å². The van der Waals surface area contributed by atoms with E-state index < -0.39 is 33.2 Å². The van der Waals surface area contributed by atoms with E-state index >= 15 is 0 Å². The number of aryl methyl sites for hydroxylation is 1. The van der Waals surface area contributed by atoms with Gasteiger partial charge in [-0.05, 0) is 36.8 Å². The van der Waals surface area contributed by atoms with Crippen molar-refractivity contribution in [2.45, 2.75) is 18.4 Å². The second kappa shape index (κ2) is 5.74. The number of hydrogen-bond acceptors (Lipinski definition) is 4. The molecule has 0 radical (unpaired) electrons. The van der Waals surface area contributed by atoms with E-state index in [9.17, 15) is 17.2 Å². The van der Waals surface area contributed by atoms with Gasteiger partial charge in [-0.3, -0.25) is 9.71 Å². The Hall–Kier alpha value is -2.06. The Morgan fingerprint density at radius 1 is 1.33 bits per heavy atom. The van der Waals surface area contributed by atoms with Crippen molar-refractivity contribution in [2.75, 3.05) is 4.72 Å². The second-order valence-corrected chi connectivity index (χ2v) is 5.94. The minimum Gasteiger partial charge on any atom is -0.392 e. The fourth-order valence-corrected chi connectivity index (χ4v) is 2.95. The predicted molar refractivity (Wildman–Crippen MR) is 72.1 cm³/mol. The summed E-state index contributed by atoms with van der Waals surface area (Å²) in [4.78, 5) is 3.03. The molecule has 1 aromatic heterocycles. The largest absolute Gasteiger partial charge is 0.392 e. The molecule has 0 spiro atoms. The number of aliphatic hydroxyl groups is 1. The summed E-state index contributed by atoms with van der Waals surface area (Å²) in [5.74, 6) is -2.84. The van der Waals surface area contributed by atoms with E-state index in [4.69, 9.17) is 5.11 Å². The van der Waals surface area contributed by atoms with Crippen molar-refractivity contribution in [3.05, 3.63) is 53.4 Å². The van der Waals surface area contributed by atoms with E-state index in [1.807, 2.05) is 0 Å². The molecule has 0 saturated carbocycles. The third-order valence-corrected chi connectivity index (χ3v) is 4.14. The summed E-state index contributed by atoms with van der Waals surface area (Å²) < 4.78 is 53.6. The molecule has 0 bridgehead atoms. The lowest BCUT2D eigenvalue weighted by Crippen LogP contribution is -2.17. The van der Waals surface area contributed by atoms with E-state index in [1.54, 1.807) is 6.92 Å². The van der Waals surface area contributed by atoms with E-state index in [0.29, 0.717) is 5.69 Å². The van der Waals surface area contributed by atoms with Crippen molar-refractivity contribution in [2.24, 2.45) is 0 Å². The molecule has 0 atom stereocenters. The molecule has 2 N–H and O–H groups in total. The van der Waals surface area contributed by atoms with E-state index in [1.165, 1.54) is 18.3 Å². The van der Waals surface area contributed by atoms with Crippen LogP contribution in [-0.2, 0) is 16.6 Å². The van der Waals surface area contributed by atoms with Crippen molar-refractivity contribution in [1.29, 1.82) is 0 Å². The Labute approximate surface area is 120 Å². The van der Waals surface area contributed by atoms with E-state index in [-0.39, 0.29) is 11.3 Å². The Morgan fingerprint density at radius 2 is 2.05 bits per heavy atom. The van der Waals surface area contributed by atoms with Gasteiger partial charge in [-0.15, -0.1) is 0 Å². The van der Waals surface area contributed by atoms with Crippen molar-refractivity contribution in [3.8, 4) is 0 Å². The normalized spacial score (nSPS) is 11.4. The molecule has 0 unspecified atom stereocenters. The monoisotopic (exact) mass is 314 g/mol. The van der Waals surface area contributed by atoms with Gasteiger partial charge in [-0.25, -0.2) is 17.2 Å². The molecule has 1 heterocycles. The van der Waals surface area contributed by atoms with Gasteiger partial charge in [0.1, 0.15) is 4.90 Å². The summed E-state index contributed by atoms with van der Waals surface area (Å²) in [6.45, 7) is 0.963. The summed E-state index contributed by atoms with van der Waals surface area (Å²) in [6.07, 6.45) is 1.47. The molecule has 0 amide bonds. The van der Waals surface area contributed by atoms with Crippen molar-refractivity contribution >= 4 is 15.7 Å². The molecule has 0 fully saturated rings. The molecular weight excluding hydrogens is 302 g/mol. The fraction of sp³-hybridized carbons (Fsp3) is 0.154. The van der Waals surface area contributed by atoms with Gasteiger partial charge in [0.15, 0.2) is 11.6 Å². The van der Waals surface area contributed by atoms with Crippen LogP contribution in [0.1, 0.15) is 11.3 Å². The Balaban J connectivity index is 2.50. The van der Waals surface area contributed by atoms with E-state index in [2.05, 4.69) is 9.71 Å². The molecule has 0 aliphatic carbocycles. The molecular formula is C13H12F2N2O3S. The first-order chi connectivity index (χ1) is 9.85. The molecule has 0 aliphatic heterocycles. The van der Waals surface area contributed by atoms with Crippen molar-refractivity contribution in [3.63, 3.8) is 0 Å². The highest BCUT2D eigenvalue weighted by molar-refractivity contribution is 7.92. The van der Waals surface area contributed by atoms with Crippen LogP contribution in [0.2, 0.25) is 0 Å². The second-order valence-electron chi connectivity index (χ2n) is 4.29. The molecule has 21 heavy (non-hydrogen) atoms. The number of pyridine rings is 1. The van der Waals surface area contributed by atoms with Crippen molar-refractivity contribution < 1.29 is 22.3 Å². The van der Waals surface area contributed by atoms with Gasteiger partial charge in [0, 0.05) is 6.20 Å². The number of nitrogens with one attached hydrogen (secondary N) is 1. The summed E-state index contributed by atoms with van der Waals surface area (Å²) in [7, 11) is -4.34. The minimum absolute atomic E-state index is 0.0443. The number of sulfonamides is 1.